The fourth-order valence-corrected chi connectivity index (χ4v) is 7.03. The highest BCUT2D eigenvalue weighted by molar-refractivity contribution is 5.96. The fraction of sp³-hybridized carbons (Fsp3) is 0.592. The second-order valence-corrected chi connectivity index (χ2v) is 15.5. The predicted octanol–water partition coefficient (Wildman–Crippen LogP) is 13.5. The van der Waals surface area contributed by atoms with E-state index >= 15 is 0 Å². The normalized spacial score (nSPS) is 13.7. The van der Waals surface area contributed by atoms with Crippen LogP contribution in [-0.4, -0.2) is 44.3 Å². The van der Waals surface area contributed by atoms with Gasteiger partial charge in [-0.2, -0.15) is 0 Å². The first-order chi connectivity index (χ1) is 27.5. The summed E-state index contributed by atoms with van der Waals surface area (Å²) in [6, 6.07) is 8.93. The van der Waals surface area contributed by atoms with Gasteiger partial charge in [0.1, 0.15) is 0 Å². The molecule has 0 bridgehead atoms. The van der Waals surface area contributed by atoms with E-state index in [4.69, 9.17) is 0 Å². The summed E-state index contributed by atoms with van der Waals surface area (Å²) in [5, 5.41) is 41.0. The summed E-state index contributed by atoms with van der Waals surface area (Å²) in [6.45, 7) is 7.68. The van der Waals surface area contributed by atoms with E-state index in [9.17, 15) is 39.6 Å². The van der Waals surface area contributed by atoms with Crippen LogP contribution in [0.5, 0.6) is 0 Å². The van der Waals surface area contributed by atoms with Crippen molar-refractivity contribution in [2.75, 3.05) is 0 Å². The predicted molar refractivity (Wildman–Crippen MR) is 233 cm³/mol. The van der Waals surface area contributed by atoms with E-state index in [-0.39, 0.29) is 40.7 Å². The number of carboxylic acid groups (broad SMARTS) is 4. The number of carbonyl (C=O) groups is 4. The van der Waals surface area contributed by atoms with Crippen molar-refractivity contribution in [3.63, 3.8) is 0 Å². The van der Waals surface area contributed by atoms with Crippen molar-refractivity contribution in [2.45, 2.75) is 182 Å². The van der Waals surface area contributed by atoms with E-state index in [1.54, 1.807) is 24.3 Å². The summed E-state index contributed by atoms with van der Waals surface area (Å²) in [5.74, 6) is -5.37. The molecule has 0 saturated heterocycles. The third kappa shape index (κ3) is 23.0. The van der Waals surface area contributed by atoms with Gasteiger partial charge < -0.3 is 20.4 Å². The van der Waals surface area contributed by atoms with Crippen molar-refractivity contribution < 1.29 is 39.6 Å². The van der Waals surface area contributed by atoms with E-state index in [2.05, 4.69) is 6.92 Å². The molecule has 0 amide bonds. The van der Waals surface area contributed by atoms with Gasteiger partial charge in [-0.25, -0.2) is 19.2 Å². The van der Waals surface area contributed by atoms with E-state index in [0.717, 1.165) is 38.5 Å². The molecule has 0 aliphatic carbocycles. The molecule has 1 aromatic carbocycles. The molecule has 318 valence electrons. The van der Waals surface area contributed by atoms with Gasteiger partial charge in [0, 0.05) is 28.2 Å². The lowest BCUT2D eigenvalue weighted by Gasteiger charge is -2.18. The van der Waals surface area contributed by atoms with E-state index in [0.29, 0.717) is 36.8 Å². The van der Waals surface area contributed by atoms with E-state index in [1.165, 1.54) is 108 Å². The largest absolute Gasteiger partial charge is 0.478 e. The van der Waals surface area contributed by atoms with Gasteiger partial charge >= 0.3 is 23.9 Å². The van der Waals surface area contributed by atoms with Crippen LogP contribution in [0, 0.1) is 5.92 Å². The molecule has 4 N–H and O–H groups in total. The van der Waals surface area contributed by atoms with Crippen molar-refractivity contribution in [1.82, 2.24) is 0 Å². The summed E-state index contributed by atoms with van der Waals surface area (Å²) in [5.41, 5.74) is 1.40. The van der Waals surface area contributed by atoms with Gasteiger partial charge in [0.05, 0.1) is 0 Å². The molecule has 0 saturated carbocycles. The van der Waals surface area contributed by atoms with Crippen LogP contribution in [0.4, 0.5) is 0 Å². The summed E-state index contributed by atoms with van der Waals surface area (Å²) >= 11 is 0. The van der Waals surface area contributed by atoms with Crippen LogP contribution in [0.1, 0.15) is 187 Å². The third-order valence-corrected chi connectivity index (χ3v) is 10.6. The van der Waals surface area contributed by atoms with Crippen molar-refractivity contribution in [2.24, 2.45) is 5.92 Å². The van der Waals surface area contributed by atoms with Crippen molar-refractivity contribution in [3.05, 3.63) is 88.1 Å². The maximum absolute atomic E-state index is 13.1. The second-order valence-electron chi connectivity index (χ2n) is 15.5. The van der Waals surface area contributed by atoms with Crippen LogP contribution in [0.15, 0.2) is 82.5 Å². The zero-order valence-corrected chi connectivity index (χ0v) is 35.7. The summed E-state index contributed by atoms with van der Waals surface area (Å²) in [4.78, 5) is 50.2. The first kappa shape index (κ1) is 50.8. The van der Waals surface area contributed by atoms with Crippen LogP contribution < -0.4 is 0 Å². The zero-order chi connectivity index (χ0) is 42.3. The Morgan fingerprint density at radius 3 is 1.35 bits per heavy atom. The zero-order valence-electron chi connectivity index (χ0n) is 35.7. The molecular formula is C49H74O8. The Bertz CT molecular complexity index is 1490. The van der Waals surface area contributed by atoms with Crippen molar-refractivity contribution in [1.29, 1.82) is 0 Å². The maximum Gasteiger partial charge on any atom is 0.332 e. The maximum atomic E-state index is 13.1. The second kappa shape index (κ2) is 31.8. The molecular weight excluding hydrogens is 717 g/mol. The van der Waals surface area contributed by atoms with Gasteiger partial charge in [-0.05, 0) is 74.0 Å². The minimum absolute atomic E-state index is 0.0331. The van der Waals surface area contributed by atoms with E-state index < -0.39 is 29.8 Å². The van der Waals surface area contributed by atoms with Gasteiger partial charge in [0.25, 0.3) is 0 Å². The van der Waals surface area contributed by atoms with Gasteiger partial charge in [0.15, 0.2) is 0 Å². The van der Waals surface area contributed by atoms with Gasteiger partial charge in [-0.15, -0.1) is 0 Å². The Morgan fingerprint density at radius 2 is 0.930 bits per heavy atom. The molecule has 8 nitrogen and oxygen atoms in total. The van der Waals surface area contributed by atoms with E-state index in [1.807, 2.05) is 19.9 Å². The highest BCUT2D eigenvalue weighted by Gasteiger charge is 2.22. The van der Waals surface area contributed by atoms with Crippen molar-refractivity contribution in [3.8, 4) is 0 Å². The van der Waals surface area contributed by atoms with Gasteiger partial charge in [-0.1, -0.05) is 179 Å². The van der Waals surface area contributed by atoms with Gasteiger partial charge in [-0.3, -0.25) is 0 Å². The summed E-state index contributed by atoms with van der Waals surface area (Å²) in [6.07, 6.45) is 29.9. The third-order valence-electron chi connectivity index (χ3n) is 10.6. The topological polar surface area (TPSA) is 149 Å². The Balaban J connectivity index is 3.48. The molecule has 0 fully saturated rings. The Morgan fingerprint density at radius 1 is 0.509 bits per heavy atom. The van der Waals surface area contributed by atoms with Crippen LogP contribution in [0.2, 0.25) is 0 Å². The Kier molecular flexibility index (Phi) is 28.4. The van der Waals surface area contributed by atoms with Crippen molar-refractivity contribution >= 4 is 29.5 Å². The van der Waals surface area contributed by atoms with Crippen LogP contribution in [-0.2, 0) is 19.2 Å². The highest BCUT2D eigenvalue weighted by Crippen LogP contribution is 2.32. The first-order valence-electron chi connectivity index (χ1n) is 22.0. The average molecular weight is 791 g/mol. The SMILES string of the molecule is CCCCCCCCCCCCCCCCCCC(C=C(C)C(=O)O)C(=CC(=C(C=C(CCCC)C(=O)O)C=C(CCCCC)C(=O)O)c1ccccc1)C(=O)O. The number of carboxylic acids is 4. The average Bonchev–Trinajstić information content (AvgIpc) is 3.18. The monoisotopic (exact) mass is 791 g/mol. The number of hydrogen-bond donors (Lipinski definition) is 4. The highest BCUT2D eigenvalue weighted by atomic mass is 16.4. The minimum atomic E-state index is -1.22. The number of unbranched alkanes of at least 4 members (excludes halogenated alkanes) is 18. The quantitative estimate of drug-likeness (QED) is 0.0306. The molecule has 0 aromatic heterocycles. The number of benzene rings is 1. The molecule has 0 aliphatic rings. The minimum Gasteiger partial charge on any atom is -0.478 e. The fourth-order valence-electron chi connectivity index (χ4n) is 7.03. The number of allylic oxidation sites excluding steroid dienone is 6. The lowest BCUT2D eigenvalue weighted by Crippen LogP contribution is -2.14. The molecule has 1 unspecified atom stereocenters. The van der Waals surface area contributed by atoms with Crippen LogP contribution in [0.3, 0.4) is 0 Å². The Hall–Kier alpha value is -4.20. The van der Waals surface area contributed by atoms with Crippen LogP contribution in [0.25, 0.3) is 5.57 Å². The Labute approximate surface area is 343 Å². The first-order valence-corrected chi connectivity index (χ1v) is 22.0. The molecule has 0 aliphatic heterocycles. The standard InChI is InChI=1S/C49H74O8/c1-5-8-11-12-13-14-15-16-17-18-19-20-21-22-23-26-32-40(34-38(4)46(50)51)45(49(56)57)37-44(39-30-27-24-28-31-39)43(35-41(47(52)53)29-10-7-3)36-42(48(54)55)33-25-9-6-2/h24,27-28,30-31,34-37,40H,5-23,25-26,29,32-33H2,1-4H3,(H,50,51)(H,52,53)(H,54,55)(H,56,57). The number of rotatable bonds is 34. The molecule has 1 atom stereocenters. The molecule has 0 heterocycles. The molecule has 8 heteroatoms. The lowest BCUT2D eigenvalue weighted by molar-refractivity contribution is -0.134. The number of hydrogen-bond acceptors (Lipinski definition) is 4. The molecule has 1 rings (SSSR count). The molecule has 57 heavy (non-hydrogen) atoms. The molecule has 1 aromatic rings. The molecule has 0 spiro atoms. The smallest absolute Gasteiger partial charge is 0.332 e. The number of aliphatic carboxylic acids is 4. The summed E-state index contributed by atoms with van der Waals surface area (Å²) in [7, 11) is 0. The lowest BCUT2D eigenvalue weighted by atomic mass is 9.86. The van der Waals surface area contributed by atoms with Gasteiger partial charge in [0.2, 0.25) is 0 Å². The van der Waals surface area contributed by atoms with Crippen LogP contribution >= 0.6 is 0 Å². The summed E-state index contributed by atoms with van der Waals surface area (Å²) < 4.78 is 0. The molecule has 0 radical (unpaired) electrons.